The van der Waals surface area contributed by atoms with Crippen molar-refractivity contribution in [1.29, 1.82) is 0 Å². The Morgan fingerprint density at radius 1 is 1.22 bits per heavy atom. The first-order valence-electron chi connectivity index (χ1n) is 5.13. The van der Waals surface area contributed by atoms with Crippen LogP contribution in [-0.4, -0.2) is 20.0 Å². The number of rotatable bonds is 2. The topological polar surface area (TPSA) is 69.6 Å². The third-order valence-corrected chi connectivity index (χ3v) is 3.44. The molecule has 0 aromatic carbocycles. The highest BCUT2D eigenvalue weighted by Crippen LogP contribution is 2.26. The molecule has 3 heterocycles. The van der Waals surface area contributed by atoms with Crippen molar-refractivity contribution in [3.05, 3.63) is 40.9 Å². The third-order valence-electron chi connectivity index (χ3n) is 2.35. The second-order valence-electron chi connectivity index (χ2n) is 3.56. The van der Waals surface area contributed by atoms with E-state index in [2.05, 4.69) is 15.3 Å². The lowest BCUT2D eigenvalue weighted by molar-refractivity contribution is 0.826. The van der Waals surface area contributed by atoms with Crippen LogP contribution in [0.3, 0.4) is 0 Å². The van der Waals surface area contributed by atoms with E-state index >= 15 is 0 Å². The average Bonchev–Trinajstić information content (AvgIpc) is 2.99. The fraction of sp³-hybridized carbons (Fsp3) is 0. The monoisotopic (exact) mass is 277 g/mol. The van der Waals surface area contributed by atoms with Crippen molar-refractivity contribution < 1.29 is 0 Å². The molecule has 3 aromatic heterocycles. The molecule has 0 aliphatic carbocycles. The highest BCUT2D eigenvalue weighted by atomic mass is 35.5. The van der Waals surface area contributed by atoms with Gasteiger partial charge >= 0.3 is 0 Å². The molecule has 0 unspecified atom stereocenters. The summed E-state index contributed by atoms with van der Waals surface area (Å²) in [5.41, 5.74) is 6.74. The fourth-order valence-electron chi connectivity index (χ4n) is 1.55. The number of hydrogen-bond acceptors (Lipinski definition) is 5. The minimum atomic E-state index is 0.336. The van der Waals surface area contributed by atoms with Gasteiger partial charge in [0.2, 0.25) is 0 Å². The van der Waals surface area contributed by atoms with Gasteiger partial charge in [0.15, 0.2) is 11.0 Å². The highest BCUT2D eigenvalue weighted by Gasteiger charge is 2.10. The molecule has 0 radical (unpaired) electrons. The van der Waals surface area contributed by atoms with Crippen LogP contribution in [0.1, 0.15) is 0 Å². The van der Waals surface area contributed by atoms with Gasteiger partial charge in [0.25, 0.3) is 0 Å². The van der Waals surface area contributed by atoms with E-state index < -0.39 is 0 Å². The van der Waals surface area contributed by atoms with Crippen LogP contribution in [0.2, 0.25) is 5.15 Å². The number of halogens is 1. The summed E-state index contributed by atoms with van der Waals surface area (Å²) in [6, 6.07) is 9.14. The minimum absolute atomic E-state index is 0.336. The van der Waals surface area contributed by atoms with Gasteiger partial charge in [-0.1, -0.05) is 17.7 Å². The fourth-order valence-corrected chi connectivity index (χ4v) is 2.33. The maximum atomic E-state index is 5.92. The summed E-state index contributed by atoms with van der Waals surface area (Å²) in [4.78, 5) is 1.06. The summed E-state index contributed by atoms with van der Waals surface area (Å²) in [6.07, 6.45) is 0. The lowest BCUT2D eigenvalue weighted by Crippen LogP contribution is -2.04. The third kappa shape index (κ3) is 1.96. The normalized spacial score (nSPS) is 10.7. The maximum absolute atomic E-state index is 5.92. The maximum Gasteiger partial charge on any atom is 0.178 e. The Morgan fingerprint density at radius 3 is 2.78 bits per heavy atom. The number of thiophene rings is 1. The van der Waals surface area contributed by atoms with Crippen LogP contribution in [0.4, 0.5) is 5.82 Å². The summed E-state index contributed by atoms with van der Waals surface area (Å²) in [5, 5.41) is 14.5. The van der Waals surface area contributed by atoms with Crippen molar-refractivity contribution in [2.24, 2.45) is 0 Å². The zero-order chi connectivity index (χ0) is 12.5. The predicted molar refractivity (Wildman–Crippen MR) is 71.9 cm³/mol. The van der Waals surface area contributed by atoms with Crippen LogP contribution in [-0.2, 0) is 0 Å². The predicted octanol–water partition coefficient (Wildman–Crippen LogP) is 2.63. The Kier molecular flexibility index (Phi) is 2.73. The molecule has 0 amide bonds. The molecule has 0 bridgehead atoms. The number of aromatic nitrogens is 4. The quantitative estimate of drug-likeness (QED) is 0.782. The molecule has 2 N–H and O–H groups in total. The van der Waals surface area contributed by atoms with Crippen LogP contribution in [0.5, 0.6) is 0 Å². The largest absolute Gasteiger partial charge is 0.384 e. The first-order valence-corrected chi connectivity index (χ1v) is 6.39. The van der Waals surface area contributed by atoms with E-state index in [9.17, 15) is 0 Å². The average molecular weight is 278 g/mol. The molecule has 3 rings (SSSR count). The number of nitrogens with two attached hydrogens (primary N) is 1. The molecule has 0 aliphatic heterocycles. The second-order valence-corrected chi connectivity index (χ2v) is 4.89. The number of anilines is 1. The van der Waals surface area contributed by atoms with Gasteiger partial charge in [0.05, 0.1) is 4.88 Å². The van der Waals surface area contributed by atoms with Crippen LogP contribution < -0.4 is 5.73 Å². The molecule has 7 heteroatoms. The second kappa shape index (κ2) is 4.40. The molecule has 0 saturated heterocycles. The van der Waals surface area contributed by atoms with Gasteiger partial charge in [-0.05, 0) is 23.6 Å². The van der Waals surface area contributed by atoms with Crippen molar-refractivity contribution >= 4 is 28.8 Å². The lowest BCUT2D eigenvalue weighted by Gasteiger charge is -2.00. The number of hydrogen-bond donors (Lipinski definition) is 1. The molecular formula is C11H8ClN5S. The van der Waals surface area contributed by atoms with Crippen LogP contribution in [0, 0.1) is 0 Å². The Balaban J connectivity index is 2.06. The van der Waals surface area contributed by atoms with Crippen LogP contribution >= 0.6 is 22.9 Å². The van der Waals surface area contributed by atoms with E-state index in [1.807, 2.05) is 23.6 Å². The molecule has 0 aliphatic rings. The molecule has 0 atom stereocenters. The van der Waals surface area contributed by atoms with Gasteiger partial charge in [-0.15, -0.1) is 21.5 Å². The van der Waals surface area contributed by atoms with Gasteiger partial charge in [-0.3, -0.25) is 0 Å². The van der Waals surface area contributed by atoms with Crippen molar-refractivity contribution in [3.63, 3.8) is 0 Å². The van der Waals surface area contributed by atoms with Gasteiger partial charge in [0, 0.05) is 6.07 Å². The van der Waals surface area contributed by atoms with Crippen molar-refractivity contribution in [2.45, 2.75) is 0 Å². The smallest absolute Gasteiger partial charge is 0.178 e. The molecular weight excluding hydrogens is 270 g/mol. The molecule has 0 saturated carbocycles. The summed E-state index contributed by atoms with van der Waals surface area (Å²) in [5.74, 6) is 1.05. The first kappa shape index (κ1) is 11.2. The Morgan fingerprint density at radius 2 is 2.11 bits per heavy atom. The van der Waals surface area contributed by atoms with E-state index in [-0.39, 0.29) is 0 Å². The summed E-state index contributed by atoms with van der Waals surface area (Å²) in [6.45, 7) is 0. The number of nitrogens with zero attached hydrogens (tertiary/aromatic N) is 4. The Hall–Kier alpha value is -1.92. The van der Waals surface area contributed by atoms with Crippen LogP contribution in [0.15, 0.2) is 35.7 Å². The first-order chi connectivity index (χ1) is 8.74. The summed E-state index contributed by atoms with van der Waals surface area (Å²) >= 11 is 7.30. The van der Waals surface area contributed by atoms with Crippen LogP contribution in [0.25, 0.3) is 16.4 Å². The van der Waals surface area contributed by atoms with Gasteiger partial charge in [-0.25, -0.2) is 0 Å². The lowest BCUT2D eigenvalue weighted by atomic mass is 10.3. The minimum Gasteiger partial charge on any atom is -0.384 e. The van der Waals surface area contributed by atoms with Crippen molar-refractivity contribution in [2.75, 3.05) is 5.73 Å². The molecule has 3 aromatic rings. The zero-order valence-electron chi connectivity index (χ0n) is 9.12. The van der Waals surface area contributed by atoms with Crippen molar-refractivity contribution in [3.8, 4) is 16.4 Å². The van der Waals surface area contributed by atoms with E-state index in [0.717, 1.165) is 10.6 Å². The Labute approximate surface area is 112 Å². The molecule has 0 spiro atoms. The van der Waals surface area contributed by atoms with E-state index in [4.69, 9.17) is 17.3 Å². The van der Waals surface area contributed by atoms with E-state index in [1.165, 1.54) is 0 Å². The number of nitrogen functional groups attached to an aromatic ring is 1. The highest BCUT2D eigenvalue weighted by molar-refractivity contribution is 7.13. The molecule has 0 fully saturated rings. The summed E-state index contributed by atoms with van der Waals surface area (Å²) < 4.78 is 1.54. The van der Waals surface area contributed by atoms with E-state index in [1.54, 1.807) is 28.2 Å². The zero-order valence-corrected chi connectivity index (χ0v) is 10.7. The van der Waals surface area contributed by atoms with E-state index in [0.29, 0.717) is 16.8 Å². The SMILES string of the molecule is Nc1cc(-c2cccs2)nn1-c1ccc(Cl)nn1. The summed E-state index contributed by atoms with van der Waals surface area (Å²) in [7, 11) is 0. The van der Waals surface area contributed by atoms with Gasteiger partial charge < -0.3 is 5.73 Å². The van der Waals surface area contributed by atoms with Crippen molar-refractivity contribution in [1.82, 2.24) is 20.0 Å². The Bertz CT molecular complexity index is 659. The van der Waals surface area contributed by atoms with Gasteiger partial charge in [-0.2, -0.15) is 9.78 Å². The molecule has 90 valence electrons. The van der Waals surface area contributed by atoms with Gasteiger partial charge in [0.1, 0.15) is 11.5 Å². The molecule has 5 nitrogen and oxygen atoms in total. The standard InChI is InChI=1S/C11H8ClN5S/c12-9-3-4-11(15-14-9)17-10(13)6-7(16-17)8-2-1-5-18-8/h1-6H,13H2. The molecule has 18 heavy (non-hydrogen) atoms.